The monoisotopic (exact) mass is 353 g/mol. The maximum absolute atomic E-state index is 13.7. The Kier molecular flexibility index (Phi) is 4.54. The number of halogens is 1. The predicted molar refractivity (Wildman–Crippen MR) is 98.8 cm³/mol. The first kappa shape index (κ1) is 17.7. The molecule has 0 atom stereocenters. The molecule has 0 bridgehead atoms. The Morgan fingerprint density at radius 3 is 2.65 bits per heavy atom. The third kappa shape index (κ3) is 3.77. The molecule has 3 rings (SSSR count). The van der Waals surface area contributed by atoms with Crippen molar-refractivity contribution in [1.82, 2.24) is 9.38 Å². The minimum atomic E-state index is -0.375. The van der Waals surface area contributed by atoms with Crippen molar-refractivity contribution in [2.75, 3.05) is 5.32 Å². The van der Waals surface area contributed by atoms with Gasteiger partial charge in [-0.25, -0.2) is 9.37 Å². The van der Waals surface area contributed by atoms with Crippen LogP contribution in [0.25, 0.3) is 5.65 Å². The number of hydrogen-bond donors (Lipinski definition) is 1. The van der Waals surface area contributed by atoms with Crippen molar-refractivity contribution in [3.63, 3.8) is 0 Å². The predicted octanol–water partition coefficient (Wildman–Crippen LogP) is 5.14. The van der Waals surface area contributed by atoms with E-state index in [9.17, 15) is 9.18 Å². The van der Waals surface area contributed by atoms with Gasteiger partial charge in [-0.1, -0.05) is 26.8 Å². The molecule has 1 N–H and O–H groups in total. The molecule has 134 valence electrons. The summed E-state index contributed by atoms with van der Waals surface area (Å²) >= 11 is 0. The van der Waals surface area contributed by atoms with Gasteiger partial charge in [-0.15, -0.1) is 10.2 Å². The number of fused-ring (bicyclic) bond motifs is 1. The second kappa shape index (κ2) is 6.67. The van der Waals surface area contributed by atoms with Gasteiger partial charge in [-0.05, 0) is 30.3 Å². The fourth-order valence-electron chi connectivity index (χ4n) is 2.56. The lowest BCUT2D eigenvalue weighted by Gasteiger charge is -2.15. The van der Waals surface area contributed by atoms with E-state index in [1.165, 1.54) is 19.2 Å². The quantitative estimate of drug-likeness (QED) is 0.662. The van der Waals surface area contributed by atoms with Crippen LogP contribution in [0.1, 0.15) is 33.4 Å². The molecule has 3 aromatic rings. The van der Waals surface area contributed by atoms with Gasteiger partial charge in [-0.2, -0.15) is 0 Å². The van der Waals surface area contributed by atoms with Crippen LogP contribution in [0.3, 0.4) is 0 Å². The molecule has 0 unspecified atom stereocenters. The van der Waals surface area contributed by atoms with Crippen LogP contribution in [0.5, 0.6) is 0 Å². The van der Waals surface area contributed by atoms with Crippen molar-refractivity contribution in [1.29, 1.82) is 0 Å². The average molecular weight is 353 g/mol. The Bertz CT molecular complexity index is 1000. The number of pyridine rings is 1. The number of imidazole rings is 1. The van der Waals surface area contributed by atoms with Crippen molar-refractivity contribution < 1.29 is 9.18 Å². The second-order valence-corrected chi connectivity index (χ2v) is 7.04. The van der Waals surface area contributed by atoms with Crippen molar-refractivity contribution in [3.8, 4) is 0 Å². The maximum Gasteiger partial charge on any atom is 0.221 e. The molecule has 2 aromatic heterocycles. The van der Waals surface area contributed by atoms with Crippen molar-refractivity contribution in [3.05, 3.63) is 54.1 Å². The summed E-state index contributed by atoms with van der Waals surface area (Å²) in [5.41, 5.74) is 2.26. The van der Waals surface area contributed by atoms with Gasteiger partial charge in [-0.3, -0.25) is 9.20 Å². The summed E-state index contributed by atoms with van der Waals surface area (Å²) in [6.45, 7) is 7.49. The van der Waals surface area contributed by atoms with Gasteiger partial charge in [0, 0.05) is 24.2 Å². The molecule has 0 aliphatic rings. The van der Waals surface area contributed by atoms with Gasteiger partial charge in [0.05, 0.1) is 11.4 Å². The topological polar surface area (TPSA) is 71.1 Å². The number of aromatic nitrogens is 2. The summed E-state index contributed by atoms with van der Waals surface area (Å²) in [4.78, 5) is 15.8. The molecule has 0 aliphatic heterocycles. The highest BCUT2D eigenvalue weighted by Crippen LogP contribution is 2.33. The maximum atomic E-state index is 13.7. The molecule has 0 saturated heterocycles. The average Bonchev–Trinajstić information content (AvgIpc) is 2.91. The Morgan fingerprint density at radius 1 is 1.19 bits per heavy atom. The lowest BCUT2D eigenvalue weighted by molar-refractivity contribution is -0.114. The highest BCUT2D eigenvalue weighted by Gasteiger charge is 2.24. The largest absolute Gasteiger partial charge is 0.326 e. The first-order valence-corrected chi connectivity index (χ1v) is 8.21. The number of anilines is 1. The summed E-state index contributed by atoms with van der Waals surface area (Å²) in [7, 11) is 0. The molecule has 7 heteroatoms. The van der Waals surface area contributed by atoms with E-state index in [4.69, 9.17) is 0 Å². The van der Waals surface area contributed by atoms with E-state index >= 15 is 0 Å². The Hall–Kier alpha value is -3.09. The first-order chi connectivity index (χ1) is 12.2. The molecule has 0 radical (unpaired) electrons. The van der Waals surface area contributed by atoms with Crippen LogP contribution in [-0.4, -0.2) is 15.3 Å². The standard InChI is InChI=1S/C19H20FN5O/c1-12(26)21-14-6-5-7-15(10-14)23-24-18-17(19(2,3)4)22-16-9-8-13(20)11-25(16)18/h5-11H,1-4H3,(H,21,26). The van der Waals surface area contributed by atoms with E-state index < -0.39 is 0 Å². The fourth-order valence-corrected chi connectivity index (χ4v) is 2.56. The highest BCUT2D eigenvalue weighted by molar-refractivity contribution is 5.89. The van der Waals surface area contributed by atoms with E-state index in [0.717, 1.165) is 5.69 Å². The number of amides is 1. The van der Waals surface area contributed by atoms with Gasteiger partial charge in [0.1, 0.15) is 11.5 Å². The molecule has 1 aromatic carbocycles. The SMILES string of the molecule is CC(=O)Nc1cccc(N=Nc2c(C(C)(C)C)nc3ccc(F)cn23)c1. The van der Waals surface area contributed by atoms with E-state index in [-0.39, 0.29) is 17.1 Å². The van der Waals surface area contributed by atoms with Crippen LogP contribution in [0, 0.1) is 5.82 Å². The van der Waals surface area contributed by atoms with Gasteiger partial charge >= 0.3 is 0 Å². The fraction of sp³-hybridized carbons (Fsp3) is 0.263. The van der Waals surface area contributed by atoms with E-state index in [1.807, 2.05) is 20.8 Å². The lowest BCUT2D eigenvalue weighted by Crippen LogP contribution is -2.11. The summed E-state index contributed by atoms with van der Waals surface area (Å²) in [5.74, 6) is -0.0530. The summed E-state index contributed by atoms with van der Waals surface area (Å²) in [6, 6.07) is 10.0. The Labute approximate surface area is 150 Å². The minimum absolute atomic E-state index is 0.161. The third-order valence-electron chi connectivity index (χ3n) is 3.69. The molecular weight excluding hydrogens is 333 g/mol. The van der Waals surface area contributed by atoms with E-state index in [1.54, 1.807) is 34.7 Å². The summed E-state index contributed by atoms with van der Waals surface area (Å²) < 4.78 is 15.3. The molecule has 2 heterocycles. The number of carbonyl (C=O) groups is 1. The molecule has 0 fully saturated rings. The zero-order valence-corrected chi connectivity index (χ0v) is 15.1. The smallest absolute Gasteiger partial charge is 0.221 e. The van der Waals surface area contributed by atoms with Crippen molar-refractivity contribution in [2.45, 2.75) is 33.1 Å². The van der Waals surface area contributed by atoms with Gasteiger partial charge in [0.2, 0.25) is 5.91 Å². The van der Waals surface area contributed by atoms with Crippen LogP contribution in [-0.2, 0) is 10.2 Å². The second-order valence-electron chi connectivity index (χ2n) is 7.04. The third-order valence-corrected chi connectivity index (χ3v) is 3.69. The van der Waals surface area contributed by atoms with Crippen LogP contribution in [0.15, 0.2) is 52.8 Å². The Morgan fingerprint density at radius 2 is 1.96 bits per heavy atom. The molecule has 1 amide bonds. The number of benzene rings is 1. The number of nitrogens with zero attached hydrogens (tertiary/aromatic N) is 4. The number of azo groups is 1. The molecule has 6 nitrogen and oxygen atoms in total. The highest BCUT2D eigenvalue weighted by atomic mass is 19.1. The van der Waals surface area contributed by atoms with Crippen molar-refractivity contribution in [2.24, 2.45) is 10.2 Å². The van der Waals surface area contributed by atoms with Crippen molar-refractivity contribution >= 4 is 28.7 Å². The molecule has 0 aliphatic carbocycles. The minimum Gasteiger partial charge on any atom is -0.326 e. The Balaban J connectivity index is 2.06. The van der Waals surface area contributed by atoms with Crippen LogP contribution < -0.4 is 5.32 Å². The molecule has 0 saturated carbocycles. The van der Waals surface area contributed by atoms with Gasteiger partial charge < -0.3 is 5.32 Å². The summed E-state index contributed by atoms with van der Waals surface area (Å²) in [6.07, 6.45) is 1.35. The van der Waals surface area contributed by atoms with E-state index in [0.29, 0.717) is 22.8 Å². The number of nitrogens with one attached hydrogen (secondary N) is 1. The number of rotatable bonds is 3. The zero-order chi connectivity index (χ0) is 18.9. The number of carbonyl (C=O) groups excluding carboxylic acids is 1. The van der Waals surface area contributed by atoms with Crippen LogP contribution in [0.2, 0.25) is 0 Å². The van der Waals surface area contributed by atoms with Gasteiger partial charge in [0.25, 0.3) is 0 Å². The molecule has 26 heavy (non-hydrogen) atoms. The van der Waals surface area contributed by atoms with Gasteiger partial charge in [0.15, 0.2) is 5.82 Å². The zero-order valence-electron chi connectivity index (χ0n) is 15.1. The molecular formula is C19H20FN5O. The molecule has 0 spiro atoms. The van der Waals surface area contributed by atoms with E-state index in [2.05, 4.69) is 20.5 Å². The summed E-state index contributed by atoms with van der Waals surface area (Å²) in [5, 5.41) is 11.3. The number of hydrogen-bond acceptors (Lipinski definition) is 4. The normalized spacial score (nSPS) is 12.0. The van der Waals surface area contributed by atoms with Crippen LogP contribution >= 0.6 is 0 Å². The van der Waals surface area contributed by atoms with Crippen LogP contribution in [0.4, 0.5) is 21.6 Å². The lowest BCUT2D eigenvalue weighted by atomic mass is 9.92. The first-order valence-electron chi connectivity index (χ1n) is 8.21.